The molecule has 1 aliphatic carbocycles. The highest BCUT2D eigenvalue weighted by molar-refractivity contribution is 5.98. The fourth-order valence-electron chi connectivity index (χ4n) is 6.09. The van der Waals surface area contributed by atoms with Gasteiger partial charge in [-0.25, -0.2) is 4.99 Å². The molecule has 0 saturated heterocycles. The number of benzene rings is 2. The number of carbonyl (C=O) groups is 2. The van der Waals surface area contributed by atoms with Gasteiger partial charge in [-0.1, -0.05) is 38.5 Å². The van der Waals surface area contributed by atoms with Gasteiger partial charge in [0.15, 0.2) is 5.96 Å². The number of nitrogens with two attached hydrogens (primary N) is 1. The smallest absolute Gasteiger partial charge is 0.395 e. The maximum Gasteiger partial charge on any atom is 0.395 e. The van der Waals surface area contributed by atoms with Crippen molar-refractivity contribution in [3.8, 4) is 5.75 Å². The monoisotopic (exact) mass is 586 g/mol. The van der Waals surface area contributed by atoms with E-state index in [1.807, 2.05) is 39.8 Å². The number of hydrogen-bond acceptors (Lipinski definition) is 5. The molecular weight excluding hydrogens is 545 g/mol. The number of ether oxygens (including phenoxy) is 1. The van der Waals surface area contributed by atoms with Crippen molar-refractivity contribution in [3.63, 3.8) is 0 Å². The molecule has 3 unspecified atom stereocenters. The molecule has 2 aliphatic heterocycles. The topological polar surface area (TPSA) is 106 Å². The van der Waals surface area contributed by atoms with Gasteiger partial charge in [0.1, 0.15) is 11.4 Å². The van der Waals surface area contributed by atoms with E-state index in [-0.39, 0.29) is 41.8 Å². The minimum atomic E-state index is -4.28. The third kappa shape index (κ3) is 7.44. The molecule has 2 aromatic carbocycles. The number of carbonyl (C=O) groups excluding carboxylic acids is 2. The summed E-state index contributed by atoms with van der Waals surface area (Å²) < 4.78 is 46.2. The van der Waals surface area contributed by atoms with E-state index in [9.17, 15) is 22.8 Å². The molecule has 3 atom stereocenters. The van der Waals surface area contributed by atoms with Gasteiger partial charge in [0, 0.05) is 24.0 Å². The van der Waals surface area contributed by atoms with E-state index in [0.717, 1.165) is 36.8 Å². The molecule has 0 fully saturated rings. The van der Waals surface area contributed by atoms with Gasteiger partial charge >= 0.3 is 6.18 Å². The lowest BCUT2D eigenvalue weighted by molar-refractivity contribution is -0.149. The Kier molecular flexibility index (Phi) is 9.53. The molecule has 228 valence electrons. The van der Waals surface area contributed by atoms with Gasteiger partial charge in [-0.2, -0.15) is 13.2 Å². The van der Waals surface area contributed by atoms with E-state index in [1.54, 1.807) is 6.07 Å². The number of rotatable bonds is 7. The number of aryl methyl sites for hydroxylation is 2. The Morgan fingerprint density at radius 2 is 1.90 bits per heavy atom. The lowest BCUT2D eigenvalue weighted by atomic mass is 9.88. The molecule has 2 aromatic rings. The summed E-state index contributed by atoms with van der Waals surface area (Å²) in [6.07, 6.45) is 0.350. The van der Waals surface area contributed by atoms with E-state index in [1.165, 1.54) is 12.1 Å². The Hall–Kier alpha value is -3.56. The minimum absolute atomic E-state index is 0.0193. The number of halogens is 3. The Balaban J connectivity index is 0.00000198. The van der Waals surface area contributed by atoms with Gasteiger partial charge in [0.25, 0.3) is 5.91 Å². The summed E-state index contributed by atoms with van der Waals surface area (Å²) in [5, 5.41) is 5.63. The third-order valence-electron chi connectivity index (χ3n) is 7.98. The summed E-state index contributed by atoms with van der Waals surface area (Å²) in [5.74, 6) is -0.987. The second-order valence-corrected chi connectivity index (χ2v) is 11.7. The van der Waals surface area contributed by atoms with Gasteiger partial charge < -0.3 is 15.8 Å². The predicted octanol–water partition coefficient (Wildman–Crippen LogP) is 6.25. The summed E-state index contributed by atoms with van der Waals surface area (Å²) in [7, 11) is 0. The zero-order valence-corrected chi connectivity index (χ0v) is 24.7. The van der Waals surface area contributed by atoms with Crippen molar-refractivity contribution in [1.82, 2.24) is 10.6 Å². The Bertz CT molecular complexity index is 1340. The molecule has 10 heteroatoms. The molecule has 2 heterocycles. The second kappa shape index (κ2) is 12.8. The van der Waals surface area contributed by atoms with Crippen molar-refractivity contribution >= 4 is 17.8 Å². The van der Waals surface area contributed by atoms with Gasteiger partial charge in [-0.3, -0.25) is 14.9 Å². The summed E-state index contributed by atoms with van der Waals surface area (Å²) in [5.41, 5.74) is 8.39. The fourth-order valence-corrected chi connectivity index (χ4v) is 6.09. The van der Waals surface area contributed by atoms with E-state index in [4.69, 9.17) is 10.5 Å². The van der Waals surface area contributed by atoms with Crippen LogP contribution in [0.1, 0.15) is 111 Å². The summed E-state index contributed by atoms with van der Waals surface area (Å²) in [4.78, 5) is 29.2. The molecule has 42 heavy (non-hydrogen) atoms. The van der Waals surface area contributed by atoms with Crippen LogP contribution in [0.25, 0.3) is 0 Å². The summed E-state index contributed by atoms with van der Waals surface area (Å²) >= 11 is 0. The van der Waals surface area contributed by atoms with Crippen LogP contribution >= 0.6 is 0 Å². The quantitative estimate of drug-likeness (QED) is 0.333. The van der Waals surface area contributed by atoms with Crippen molar-refractivity contribution < 1.29 is 27.5 Å². The molecule has 0 radical (unpaired) electrons. The highest BCUT2D eigenvalue weighted by Gasteiger charge is 2.44. The second-order valence-electron chi connectivity index (χ2n) is 11.7. The average Bonchev–Trinajstić information content (AvgIpc) is 3.35. The molecule has 0 saturated carbocycles. The highest BCUT2D eigenvalue weighted by atomic mass is 19.4. The van der Waals surface area contributed by atoms with Gasteiger partial charge in [0.05, 0.1) is 18.0 Å². The van der Waals surface area contributed by atoms with E-state index < -0.39 is 17.7 Å². The SMILES string of the molecule is CC.CC1(C)CC(NC(=O)c2ccc3c(c2)CCC3C(F)(F)F)c2cc(CCCCC3CC(=O)NC(N)=N3)ccc2O1. The van der Waals surface area contributed by atoms with Crippen molar-refractivity contribution in [2.45, 2.75) is 109 Å². The molecule has 7 nitrogen and oxygen atoms in total. The van der Waals surface area contributed by atoms with Gasteiger partial charge in [-0.05, 0) is 80.8 Å². The maximum atomic E-state index is 13.3. The number of nitrogens with one attached hydrogen (secondary N) is 2. The van der Waals surface area contributed by atoms with Crippen molar-refractivity contribution in [3.05, 3.63) is 64.2 Å². The lowest BCUT2D eigenvalue weighted by Crippen LogP contribution is -2.43. The first-order chi connectivity index (χ1) is 19.9. The first-order valence-corrected chi connectivity index (χ1v) is 14.8. The lowest BCUT2D eigenvalue weighted by Gasteiger charge is -2.38. The third-order valence-corrected chi connectivity index (χ3v) is 7.98. The van der Waals surface area contributed by atoms with Crippen LogP contribution in [-0.2, 0) is 17.6 Å². The Morgan fingerprint density at radius 1 is 1.14 bits per heavy atom. The van der Waals surface area contributed by atoms with E-state index in [2.05, 4.69) is 21.7 Å². The first kappa shape index (κ1) is 31.4. The van der Waals surface area contributed by atoms with Crippen LogP contribution in [0.15, 0.2) is 41.4 Å². The van der Waals surface area contributed by atoms with E-state index >= 15 is 0 Å². The van der Waals surface area contributed by atoms with Crippen LogP contribution in [0, 0.1) is 0 Å². The minimum Gasteiger partial charge on any atom is -0.487 e. The number of nitrogens with zero attached hydrogens (tertiary/aromatic N) is 1. The van der Waals surface area contributed by atoms with Crippen molar-refractivity contribution in [2.24, 2.45) is 10.7 Å². The standard InChI is InChI=1S/C30H35F3N4O3.C2H6/c1-29(2)16-24(36-27(39)19-8-10-21-18(14-19)9-11-23(21)30(31,32)33)22-13-17(7-12-25(22)40-29)5-3-4-6-20-15-26(38)37-28(34)35-20;1-2/h7-8,10,12-14,20,23-24H,3-6,9,11,15-16H2,1-2H3,(H,36,39)(H3,34,35,37,38);1-2H3. The number of fused-ring (bicyclic) bond motifs is 2. The molecule has 3 aliphatic rings. The van der Waals surface area contributed by atoms with Crippen LogP contribution in [0.2, 0.25) is 0 Å². The Morgan fingerprint density at radius 3 is 2.62 bits per heavy atom. The van der Waals surface area contributed by atoms with Crippen LogP contribution < -0.4 is 21.1 Å². The average molecular weight is 587 g/mol. The Labute approximate surface area is 245 Å². The van der Waals surface area contributed by atoms with E-state index in [0.29, 0.717) is 36.1 Å². The van der Waals surface area contributed by atoms with Gasteiger partial charge in [0.2, 0.25) is 5.91 Å². The van der Waals surface area contributed by atoms with Gasteiger partial charge in [-0.15, -0.1) is 0 Å². The molecule has 4 N–H and O–H groups in total. The zero-order valence-electron chi connectivity index (χ0n) is 24.7. The predicted molar refractivity (Wildman–Crippen MR) is 157 cm³/mol. The van der Waals surface area contributed by atoms with Crippen LogP contribution in [0.5, 0.6) is 5.75 Å². The fraction of sp³-hybridized carbons (Fsp3) is 0.531. The number of amides is 2. The number of alkyl halides is 3. The summed E-state index contributed by atoms with van der Waals surface area (Å²) in [6.45, 7) is 7.94. The largest absolute Gasteiger partial charge is 0.487 e. The van der Waals surface area contributed by atoms with Crippen LogP contribution in [0.3, 0.4) is 0 Å². The summed E-state index contributed by atoms with van der Waals surface area (Å²) in [6, 6.07) is 10.2. The molecule has 5 rings (SSSR count). The van der Waals surface area contributed by atoms with Crippen molar-refractivity contribution in [1.29, 1.82) is 0 Å². The molecule has 0 aromatic heterocycles. The van der Waals surface area contributed by atoms with Crippen LogP contribution in [-0.4, -0.2) is 35.6 Å². The number of unbranched alkanes of at least 4 members (excludes halogenated alkanes) is 1. The number of aliphatic imine (C=N–C) groups is 1. The highest BCUT2D eigenvalue weighted by Crippen LogP contribution is 2.45. The number of hydrogen-bond donors (Lipinski definition) is 3. The zero-order chi connectivity index (χ0) is 30.7. The van der Waals surface area contributed by atoms with Crippen LogP contribution in [0.4, 0.5) is 13.2 Å². The molecule has 0 spiro atoms. The maximum absolute atomic E-state index is 13.3. The molecule has 2 amide bonds. The normalized spacial score (nSPS) is 22.4. The molecule has 0 bridgehead atoms. The molecular formula is C32H41F3N4O3. The van der Waals surface area contributed by atoms with Crippen molar-refractivity contribution in [2.75, 3.05) is 0 Å². The number of guanidine groups is 1. The first-order valence-electron chi connectivity index (χ1n) is 14.8.